The minimum Gasteiger partial charge on any atom is -0.319 e. The molecule has 1 aliphatic rings. The van der Waals surface area contributed by atoms with Crippen molar-refractivity contribution in [3.63, 3.8) is 0 Å². The standard InChI is InChI=1S/C25H24F4N4O/c1-14(2)20-6-3-16(12-30-20)24(34)33-23-21(15-7-9-25(28,29)10-8-15)31-13-32-22(23)18-11-17(26)4-5-19(18)27/h3-6,11-15H,7-10H2,1-2H3,(H,33,34). The zero-order valence-corrected chi connectivity index (χ0v) is 18.8. The molecule has 0 aliphatic heterocycles. The highest BCUT2D eigenvalue weighted by atomic mass is 19.3. The van der Waals surface area contributed by atoms with E-state index in [1.807, 2.05) is 13.8 Å². The van der Waals surface area contributed by atoms with Crippen LogP contribution in [-0.2, 0) is 0 Å². The molecule has 0 saturated heterocycles. The second-order valence-electron chi connectivity index (χ2n) is 8.82. The summed E-state index contributed by atoms with van der Waals surface area (Å²) >= 11 is 0. The van der Waals surface area contributed by atoms with Crippen LogP contribution in [0.3, 0.4) is 0 Å². The van der Waals surface area contributed by atoms with Crippen LogP contribution in [0.4, 0.5) is 23.2 Å². The Balaban J connectivity index is 1.76. The van der Waals surface area contributed by atoms with Gasteiger partial charge in [-0.3, -0.25) is 9.78 Å². The molecule has 0 unspecified atom stereocenters. The quantitative estimate of drug-likeness (QED) is 0.431. The van der Waals surface area contributed by atoms with Crippen molar-refractivity contribution in [1.29, 1.82) is 0 Å². The fraction of sp³-hybridized carbons (Fsp3) is 0.360. The van der Waals surface area contributed by atoms with Gasteiger partial charge >= 0.3 is 0 Å². The molecule has 1 N–H and O–H groups in total. The second kappa shape index (κ2) is 9.48. The van der Waals surface area contributed by atoms with E-state index in [1.165, 1.54) is 12.5 Å². The monoisotopic (exact) mass is 472 g/mol. The number of halogens is 4. The minimum atomic E-state index is -2.76. The van der Waals surface area contributed by atoms with Crippen LogP contribution in [0.5, 0.6) is 0 Å². The Kier molecular flexibility index (Phi) is 6.63. The number of hydrogen-bond acceptors (Lipinski definition) is 4. The lowest BCUT2D eigenvalue weighted by atomic mass is 9.83. The maximum atomic E-state index is 14.6. The first-order valence-corrected chi connectivity index (χ1v) is 11.1. The van der Waals surface area contributed by atoms with Gasteiger partial charge < -0.3 is 5.32 Å². The summed E-state index contributed by atoms with van der Waals surface area (Å²) in [6.07, 6.45) is 2.25. The van der Waals surface area contributed by atoms with Crippen LogP contribution in [-0.4, -0.2) is 26.8 Å². The van der Waals surface area contributed by atoms with Crippen molar-refractivity contribution in [2.75, 3.05) is 5.32 Å². The number of anilines is 1. The molecule has 1 fully saturated rings. The molecule has 1 amide bonds. The maximum absolute atomic E-state index is 14.6. The highest BCUT2D eigenvalue weighted by Crippen LogP contribution is 2.44. The summed E-state index contributed by atoms with van der Waals surface area (Å²) in [5, 5.41) is 2.73. The van der Waals surface area contributed by atoms with E-state index < -0.39 is 29.4 Å². The van der Waals surface area contributed by atoms with E-state index in [0.717, 1.165) is 23.9 Å². The van der Waals surface area contributed by atoms with Gasteiger partial charge in [-0.25, -0.2) is 27.5 Å². The predicted octanol–water partition coefficient (Wildman–Crippen LogP) is 6.49. The molecule has 178 valence electrons. The number of carbonyl (C=O) groups is 1. The predicted molar refractivity (Wildman–Crippen MR) is 120 cm³/mol. The van der Waals surface area contributed by atoms with Crippen LogP contribution >= 0.6 is 0 Å². The van der Waals surface area contributed by atoms with E-state index in [2.05, 4.69) is 20.3 Å². The minimum absolute atomic E-state index is 0.0144. The Bertz CT molecular complexity index is 1190. The summed E-state index contributed by atoms with van der Waals surface area (Å²) in [5.74, 6) is -4.93. The summed E-state index contributed by atoms with van der Waals surface area (Å²) in [7, 11) is 0. The van der Waals surface area contributed by atoms with Gasteiger partial charge in [0.15, 0.2) is 0 Å². The molecule has 0 spiro atoms. The van der Waals surface area contributed by atoms with Crippen LogP contribution in [0.15, 0.2) is 42.9 Å². The first kappa shape index (κ1) is 23.8. The van der Waals surface area contributed by atoms with Gasteiger partial charge in [-0.2, -0.15) is 0 Å². The molecule has 2 aromatic heterocycles. The molecule has 1 saturated carbocycles. The van der Waals surface area contributed by atoms with E-state index in [1.54, 1.807) is 12.1 Å². The number of amides is 1. The lowest BCUT2D eigenvalue weighted by Crippen LogP contribution is -2.25. The zero-order valence-electron chi connectivity index (χ0n) is 18.8. The molecule has 1 aliphatic carbocycles. The van der Waals surface area contributed by atoms with Crippen LogP contribution < -0.4 is 5.32 Å². The third-order valence-corrected chi connectivity index (χ3v) is 6.04. The van der Waals surface area contributed by atoms with Gasteiger partial charge in [-0.15, -0.1) is 0 Å². The van der Waals surface area contributed by atoms with Crippen molar-refractivity contribution < 1.29 is 22.4 Å². The summed E-state index contributed by atoms with van der Waals surface area (Å²) < 4.78 is 56.1. The number of carbonyl (C=O) groups excluding carboxylic acids is 1. The maximum Gasteiger partial charge on any atom is 0.257 e. The van der Waals surface area contributed by atoms with Gasteiger partial charge in [0.05, 0.1) is 16.9 Å². The summed E-state index contributed by atoms with van der Waals surface area (Å²) in [5.41, 5.74) is 1.29. The van der Waals surface area contributed by atoms with Gasteiger partial charge in [0.25, 0.3) is 5.91 Å². The van der Waals surface area contributed by atoms with E-state index >= 15 is 0 Å². The molecule has 34 heavy (non-hydrogen) atoms. The molecule has 0 bridgehead atoms. The van der Waals surface area contributed by atoms with Crippen molar-refractivity contribution in [3.05, 3.63) is 71.4 Å². The lowest BCUT2D eigenvalue weighted by molar-refractivity contribution is -0.0384. The van der Waals surface area contributed by atoms with Crippen molar-refractivity contribution in [3.8, 4) is 11.3 Å². The van der Waals surface area contributed by atoms with E-state index in [-0.39, 0.29) is 54.1 Å². The number of pyridine rings is 1. The van der Waals surface area contributed by atoms with E-state index in [4.69, 9.17) is 0 Å². The fourth-order valence-corrected chi connectivity index (χ4v) is 4.10. The highest BCUT2D eigenvalue weighted by Gasteiger charge is 2.37. The van der Waals surface area contributed by atoms with Crippen LogP contribution in [0, 0.1) is 11.6 Å². The fourth-order valence-electron chi connectivity index (χ4n) is 4.10. The largest absolute Gasteiger partial charge is 0.319 e. The summed E-state index contributed by atoms with van der Waals surface area (Å²) in [6, 6.07) is 6.27. The van der Waals surface area contributed by atoms with Crippen LogP contribution in [0.2, 0.25) is 0 Å². The van der Waals surface area contributed by atoms with Crippen LogP contribution in [0.25, 0.3) is 11.3 Å². The van der Waals surface area contributed by atoms with Crippen molar-refractivity contribution in [2.24, 2.45) is 0 Å². The molecule has 5 nitrogen and oxygen atoms in total. The number of alkyl halides is 2. The smallest absolute Gasteiger partial charge is 0.257 e. The van der Waals surface area contributed by atoms with Gasteiger partial charge in [0.1, 0.15) is 23.7 Å². The molecule has 1 aromatic carbocycles. The molecule has 4 rings (SSSR count). The number of benzene rings is 1. The van der Waals surface area contributed by atoms with Crippen LogP contribution in [0.1, 0.15) is 73.1 Å². The Labute approximate surface area is 194 Å². The number of aromatic nitrogens is 3. The number of rotatable bonds is 5. The highest BCUT2D eigenvalue weighted by molar-refractivity contribution is 6.06. The SMILES string of the molecule is CC(C)c1ccc(C(=O)Nc2c(-c3cc(F)ccc3F)ncnc2C2CCC(F)(F)CC2)cn1. The number of hydrogen-bond donors (Lipinski definition) is 1. The van der Waals surface area contributed by atoms with E-state index in [0.29, 0.717) is 5.69 Å². The molecule has 3 aromatic rings. The first-order valence-electron chi connectivity index (χ1n) is 11.1. The summed E-state index contributed by atoms with van der Waals surface area (Å²) in [6.45, 7) is 3.95. The molecule has 2 heterocycles. The summed E-state index contributed by atoms with van der Waals surface area (Å²) in [4.78, 5) is 25.8. The van der Waals surface area contributed by atoms with Crippen molar-refractivity contribution in [2.45, 2.75) is 57.3 Å². The van der Waals surface area contributed by atoms with Gasteiger partial charge in [0.2, 0.25) is 5.92 Å². The molecule has 9 heteroatoms. The van der Waals surface area contributed by atoms with Gasteiger partial charge in [-0.05, 0) is 49.1 Å². The topological polar surface area (TPSA) is 67.8 Å². The third kappa shape index (κ3) is 5.08. The average molecular weight is 472 g/mol. The Hall–Kier alpha value is -3.36. The zero-order chi connectivity index (χ0) is 24.5. The van der Waals surface area contributed by atoms with Crippen molar-refractivity contribution >= 4 is 11.6 Å². The Morgan fingerprint density at radius 2 is 1.79 bits per heavy atom. The molecular weight excluding hydrogens is 448 g/mol. The average Bonchev–Trinajstić information content (AvgIpc) is 2.81. The van der Waals surface area contributed by atoms with Gasteiger partial charge in [0, 0.05) is 36.2 Å². The Morgan fingerprint density at radius 3 is 2.44 bits per heavy atom. The Morgan fingerprint density at radius 1 is 1.06 bits per heavy atom. The molecule has 0 radical (unpaired) electrons. The normalized spacial score (nSPS) is 16.0. The third-order valence-electron chi connectivity index (χ3n) is 6.04. The van der Waals surface area contributed by atoms with Gasteiger partial charge in [-0.1, -0.05) is 13.8 Å². The molecule has 0 atom stereocenters. The van der Waals surface area contributed by atoms with Crippen molar-refractivity contribution in [1.82, 2.24) is 15.0 Å². The second-order valence-corrected chi connectivity index (χ2v) is 8.82. The molecular formula is C25H24F4N4O. The lowest BCUT2D eigenvalue weighted by Gasteiger charge is -2.29. The number of nitrogens with zero attached hydrogens (tertiary/aromatic N) is 3. The van der Waals surface area contributed by atoms with E-state index in [9.17, 15) is 22.4 Å². The number of nitrogens with one attached hydrogen (secondary N) is 1. The first-order chi connectivity index (χ1) is 16.1.